The van der Waals surface area contributed by atoms with Crippen molar-refractivity contribution >= 4 is 12.0 Å². The van der Waals surface area contributed by atoms with Crippen LogP contribution in [0, 0.1) is 0 Å². The molecule has 0 atom stereocenters. The van der Waals surface area contributed by atoms with E-state index in [1.165, 1.54) is 5.56 Å². The fraction of sp³-hybridized carbons (Fsp3) is 0.400. The molecular weight excluding hydrogens is 330 g/mol. The van der Waals surface area contributed by atoms with Crippen molar-refractivity contribution in [3.05, 3.63) is 59.9 Å². The van der Waals surface area contributed by atoms with Gasteiger partial charge in [0.05, 0.1) is 13.2 Å². The van der Waals surface area contributed by atoms with Crippen molar-refractivity contribution in [3.63, 3.8) is 0 Å². The van der Waals surface area contributed by atoms with Crippen molar-refractivity contribution in [1.82, 2.24) is 14.8 Å². The Labute approximate surface area is 153 Å². The second-order valence-corrected chi connectivity index (χ2v) is 6.44. The summed E-state index contributed by atoms with van der Waals surface area (Å²) in [4.78, 5) is 25.8. The average molecular weight is 355 g/mol. The minimum Gasteiger partial charge on any atom is -0.465 e. The van der Waals surface area contributed by atoms with Gasteiger partial charge in [0.15, 0.2) is 0 Å². The summed E-state index contributed by atoms with van der Waals surface area (Å²) in [5.74, 6) is -0.413. The molecule has 0 saturated heterocycles. The van der Waals surface area contributed by atoms with Crippen LogP contribution in [0.15, 0.2) is 48.7 Å². The van der Waals surface area contributed by atoms with E-state index in [1.54, 1.807) is 6.92 Å². The van der Waals surface area contributed by atoms with E-state index >= 15 is 0 Å². The number of benzene rings is 1. The number of nitrogens with one attached hydrogen (secondary N) is 1. The van der Waals surface area contributed by atoms with Crippen molar-refractivity contribution in [2.24, 2.45) is 0 Å². The maximum absolute atomic E-state index is 12.5. The molecular formula is C20H25N3O3. The van der Waals surface area contributed by atoms with Crippen LogP contribution in [0.3, 0.4) is 0 Å². The Balaban J connectivity index is 1.63. The summed E-state index contributed by atoms with van der Waals surface area (Å²) in [5, 5.41) is 2.67. The first-order chi connectivity index (χ1) is 12.7. The third-order valence-electron chi connectivity index (χ3n) is 4.39. The summed E-state index contributed by atoms with van der Waals surface area (Å²) in [6.07, 6.45) is 4.04. The van der Waals surface area contributed by atoms with Crippen molar-refractivity contribution in [2.75, 3.05) is 13.2 Å². The molecule has 26 heavy (non-hydrogen) atoms. The fourth-order valence-electron chi connectivity index (χ4n) is 2.92. The summed E-state index contributed by atoms with van der Waals surface area (Å²) in [6.45, 7) is 3.26. The van der Waals surface area contributed by atoms with Crippen LogP contribution in [-0.2, 0) is 22.6 Å². The zero-order valence-corrected chi connectivity index (χ0v) is 15.1. The first kappa shape index (κ1) is 18.0. The van der Waals surface area contributed by atoms with E-state index in [1.807, 2.05) is 41.4 Å². The van der Waals surface area contributed by atoms with Crippen molar-refractivity contribution in [1.29, 1.82) is 0 Å². The van der Waals surface area contributed by atoms with Crippen LogP contribution in [0.4, 0.5) is 4.79 Å². The lowest BCUT2D eigenvalue weighted by Crippen LogP contribution is -2.43. The number of esters is 1. The smallest absolute Gasteiger partial charge is 0.325 e. The number of aromatic nitrogens is 1. The molecule has 1 aromatic carbocycles. The highest BCUT2D eigenvalue weighted by Gasteiger charge is 2.33. The third-order valence-corrected chi connectivity index (χ3v) is 4.39. The molecule has 1 fully saturated rings. The molecule has 1 N–H and O–H groups in total. The molecule has 0 bridgehead atoms. The van der Waals surface area contributed by atoms with Gasteiger partial charge in [0, 0.05) is 24.5 Å². The molecule has 1 aliphatic rings. The molecule has 1 aromatic heterocycles. The minimum atomic E-state index is -0.413. The number of urea groups is 1. The quantitative estimate of drug-likeness (QED) is 0.741. The monoisotopic (exact) mass is 355 g/mol. The summed E-state index contributed by atoms with van der Waals surface area (Å²) in [6, 6.07) is 14.3. The zero-order chi connectivity index (χ0) is 18.4. The molecule has 2 amide bonds. The highest BCUT2D eigenvalue weighted by molar-refractivity contribution is 5.81. The third kappa shape index (κ3) is 4.88. The van der Waals surface area contributed by atoms with Crippen LogP contribution >= 0.6 is 0 Å². The van der Waals surface area contributed by atoms with E-state index in [0.29, 0.717) is 13.2 Å². The van der Waals surface area contributed by atoms with Crippen LogP contribution in [0.2, 0.25) is 0 Å². The van der Waals surface area contributed by atoms with Crippen molar-refractivity contribution in [3.8, 4) is 0 Å². The van der Waals surface area contributed by atoms with Crippen LogP contribution in [-0.4, -0.2) is 40.7 Å². The predicted molar refractivity (Wildman–Crippen MR) is 98.6 cm³/mol. The Kier molecular flexibility index (Phi) is 5.94. The number of ether oxygens (including phenoxy) is 1. The molecule has 2 aromatic rings. The van der Waals surface area contributed by atoms with Crippen LogP contribution in [0.25, 0.3) is 0 Å². The maximum Gasteiger partial charge on any atom is 0.325 e. The number of rotatable bonds is 8. The first-order valence-corrected chi connectivity index (χ1v) is 9.05. The Hall–Kier alpha value is -2.76. The molecule has 138 valence electrons. The summed E-state index contributed by atoms with van der Waals surface area (Å²) < 4.78 is 7.02. The number of carbonyl (C=O) groups excluding carboxylic acids is 2. The van der Waals surface area contributed by atoms with E-state index < -0.39 is 5.97 Å². The highest BCUT2D eigenvalue weighted by atomic mass is 16.5. The van der Waals surface area contributed by atoms with Gasteiger partial charge in [-0.25, -0.2) is 4.79 Å². The fourth-order valence-corrected chi connectivity index (χ4v) is 2.92. The van der Waals surface area contributed by atoms with E-state index in [0.717, 1.165) is 25.1 Å². The van der Waals surface area contributed by atoms with Crippen LogP contribution < -0.4 is 5.32 Å². The van der Waals surface area contributed by atoms with Gasteiger partial charge in [-0.2, -0.15) is 0 Å². The molecule has 0 spiro atoms. The first-order valence-electron chi connectivity index (χ1n) is 9.05. The molecule has 6 nitrogen and oxygen atoms in total. The summed E-state index contributed by atoms with van der Waals surface area (Å²) in [5.41, 5.74) is 2.29. The topological polar surface area (TPSA) is 63.6 Å². The van der Waals surface area contributed by atoms with Crippen molar-refractivity contribution < 1.29 is 14.3 Å². The number of hydrogen-bond acceptors (Lipinski definition) is 3. The number of nitrogens with zero attached hydrogens (tertiary/aromatic N) is 2. The predicted octanol–water partition coefficient (Wildman–Crippen LogP) is 2.77. The zero-order valence-electron chi connectivity index (χ0n) is 15.1. The minimum absolute atomic E-state index is 0.0963. The Bertz CT molecular complexity index is 738. The molecule has 0 radical (unpaired) electrons. The van der Waals surface area contributed by atoms with Gasteiger partial charge in [-0.05, 0) is 37.5 Å². The van der Waals surface area contributed by atoms with E-state index in [9.17, 15) is 9.59 Å². The van der Waals surface area contributed by atoms with Gasteiger partial charge in [-0.1, -0.05) is 30.3 Å². The van der Waals surface area contributed by atoms with Crippen LogP contribution in [0.5, 0.6) is 0 Å². The molecule has 1 saturated carbocycles. The molecule has 6 heteroatoms. The van der Waals surface area contributed by atoms with Gasteiger partial charge >= 0.3 is 12.0 Å². The molecule has 0 unspecified atom stereocenters. The van der Waals surface area contributed by atoms with E-state index in [-0.39, 0.29) is 18.6 Å². The molecule has 1 aliphatic carbocycles. The summed E-state index contributed by atoms with van der Waals surface area (Å²) >= 11 is 0. The second-order valence-electron chi connectivity index (χ2n) is 6.44. The van der Waals surface area contributed by atoms with Gasteiger partial charge in [-0.3, -0.25) is 4.79 Å². The molecule has 1 heterocycles. The van der Waals surface area contributed by atoms with Crippen molar-refractivity contribution in [2.45, 2.75) is 38.9 Å². The lowest BCUT2D eigenvalue weighted by Gasteiger charge is -2.23. The SMILES string of the molecule is CCOC(=O)CNC(=O)N(Cc1cccn1Cc1ccccc1)C1CC1. The number of hydrogen-bond donors (Lipinski definition) is 1. The van der Waals surface area contributed by atoms with Crippen LogP contribution in [0.1, 0.15) is 31.0 Å². The van der Waals surface area contributed by atoms with E-state index in [2.05, 4.69) is 22.0 Å². The molecule has 0 aliphatic heterocycles. The normalized spacial score (nSPS) is 13.3. The summed E-state index contributed by atoms with van der Waals surface area (Å²) in [7, 11) is 0. The lowest BCUT2D eigenvalue weighted by atomic mass is 10.2. The van der Waals surface area contributed by atoms with Gasteiger partial charge in [0.2, 0.25) is 0 Å². The number of carbonyl (C=O) groups is 2. The second kappa shape index (κ2) is 8.56. The molecule has 3 rings (SSSR count). The van der Waals surface area contributed by atoms with Gasteiger partial charge in [0.25, 0.3) is 0 Å². The highest BCUT2D eigenvalue weighted by Crippen LogP contribution is 2.28. The van der Waals surface area contributed by atoms with Gasteiger partial charge in [-0.15, -0.1) is 0 Å². The standard InChI is InChI=1S/C20H25N3O3/c1-2-26-19(24)13-21-20(25)23(17-10-11-17)15-18-9-6-12-22(18)14-16-7-4-3-5-8-16/h3-9,12,17H,2,10-11,13-15H2,1H3,(H,21,25). The largest absolute Gasteiger partial charge is 0.465 e. The maximum atomic E-state index is 12.5. The Morgan fingerprint density at radius 3 is 2.65 bits per heavy atom. The average Bonchev–Trinajstić information content (AvgIpc) is 3.40. The Morgan fingerprint density at radius 1 is 1.19 bits per heavy atom. The Morgan fingerprint density at radius 2 is 1.96 bits per heavy atom. The lowest BCUT2D eigenvalue weighted by molar-refractivity contribution is -0.141. The van der Waals surface area contributed by atoms with Gasteiger partial charge < -0.3 is 19.5 Å². The van der Waals surface area contributed by atoms with E-state index in [4.69, 9.17) is 4.74 Å². The number of amides is 2. The van der Waals surface area contributed by atoms with Gasteiger partial charge in [0.1, 0.15) is 6.54 Å².